The molecule has 31 heavy (non-hydrogen) atoms. The van der Waals surface area contributed by atoms with E-state index in [1.54, 1.807) is 18.0 Å². The van der Waals surface area contributed by atoms with Crippen molar-refractivity contribution in [2.24, 2.45) is 0 Å². The Kier molecular flexibility index (Phi) is 6.32. The summed E-state index contributed by atoms with van der Waals surface area (Å²) in [5.74, 6) is 1.46. The molecule has 4 rings (SSSR count). The van der Waals surface area contributed by atoms with Gasteiger partial charge in [-0.1, -0.05) is 23.9 Å². The van der Waals surface area contributed by atoms with Crippen molar-refractivity contribution in [3.8, 4) is 17.2 Å². The van der Waals surface area contributed by atoms with Crippen molar-refractivity contribution in [1.82, 2.24) is 19.7 Å². The number of ether oxygens (including phenoxy) is 2. The zero-order valence-electron chi connectivity index (χ0n) is 17.1. The molecule has 0 atom stereocenters. The molecule has 0 saturated heterocycles. The number of nitrogens with zero attached hydrogens (tertiary/aromatic N) is 4. The summed E-state index contributed by atoms with van der Waals surface area (Å²) < 4.78 is 12.5. The molecule has 0 aliphatic carbocycles. The van der Waals surface area contributed by atoms with Crippen LogP contribution in [-0.2, 0) is 4.79 Å². The van der Waals surface area contributed by atoms with E-state index in [0.717, 1.165) is 16.8 Å². The number of fused-ring (bicyclic) bond motifs is 1. The van der Waals surface area contributed by atoms with Crippen LogP contribution >= 0.6 is 11.8 Å². The number of aromatic nitrogens is 4. The van der Waals surface area contributed by atoms with Crippen LogP contribution in [0, 0.1) is 0 Å². The van der Waals surface area contributed by atoms with Gasteiger partial charge in [0, 0.05) is 0 Å². The van der Waals surface area contributed by atoms with Gasteiger partial charge in [0.2, 0.25) is 5.91 Å². The van der Waals surface area contributed by atoms with E-state index in [9.17, 15) is 4.79 Å². The Morgan fingerprint density at radius 2 is 1.94 bits per heavy atom. The van der Waals surface area contributed by atoms with Gasteiger partial charge < -0.3 is 14.8 Å². The fourth-order valence-electron chi connectivity index (χ4n) is 3.02. The van der Waals surface area contributed by atoms with Crippen LogP contribution in [0.4, 0.5) is 5.69 Å². The predicted octanol–water partition coefficient (Wildman–Crippen LogP) is 3.95. The Balaban J connectivity index is 1.49. The first-order chi connectivity index (χ1) is 15.2. The third-order valence-electron chi connectivity index (χ3n) is 4.45. The molecule has 2 aromatic carbocycles. The number of para-hydroxylation sites is 2. The number of rotatable bonds is 8. The zero-order chi connectivity index (χ0) is 21.6. The van der Waals surface area contributed by atoms with Crippen molar-refractivity contribution in [1.29, 1.82) is 0 Å². The Morgan fingerprint density at radius 1 is 1.13 bits per heavy atom. The molecule has 0 aliphatic rings. The van der Waals surface area contributed by atoms with E-state index in [0.29, 0.717) is 28.7 Å². The zero-order valence-corrected chi connectivity index (χ0v) is 17.9. The van der Waals surface area contributed by atoms with E-state index in [-0.39, 0.29) is 11.7 Å². The van der Waals surface area contributed by atoms with Gasteiger partial charge in [0.05, 0.1) is 42.4 Å². The van der Waals surface area contributed by atoms with Crippen molar-refractivity contribution in [3.05, 3.63) is 61.1 Å². The second-order valence-electron chi connectivity index (χ2n) is 6.44. The fourth-order valence-corrected chi connectivity index (χ4v) is 3.78. The molecule has 0 unspecified atom stereocenters. The largest absolute Gasteiger partial charge is 0.497 e. The number of amides is 1. The van der Waals surface area contributed by atoms with Gasteiger partial charge in [-0.2, -0.15) is 5.10 Å². The van der Waals surface area contributed by atoms with Crippen LogP contribution in [0.2, 0.25) is 0 Å². The Bertz CT molecular complexity index is 1190. The van der Waals surface area contributed by atoms with Gasteiger partial charge in [-0.25, -0.2) is 14.6 Å². The van der Waals surface area contributed by atoms with Gasteiger partial charge in [-0.05, 0) is 43.3 Å². The molecule has 0 spiro atoms. The lowest BCUT2D eigenvalue weighted by atomic mass is 10.3. The first-order valence-electron chi connectivity index (χ1n) is 9.67. The van der Waals surface area contributed by atoms with E-state index >= 15 is 0 Å². The number of benzene rings is 2. The van der Waals surface area contributed by atoms with Gasteiger partial charge in [0.1, 0.15) is 22.9 Å². The summed E-state index contributed by atoms with van der Waals surface area (Å²) in [5.41, 5.74) is 2.18. The number of hydrogen-bond acceptors (Lipinski definition) is 7. The molecular weight excluding hydrogens is 414 g/mol. The maximum atomic E-state index is 12.5. The average molecular weight is 436 g/mol. The topological polar surface area (TPSA) is 91.2 Å². The van der Waals surface area contributed by atoms with E-state index in [4.69, 9.17) is 9.47 Å². The maximum Gasteiger partial charge on any atom is 0.234 e. The average Bonchev–Trinajstić information content (AvgIpc) is 3.24. The van der Waals surface area contributed by atoms with Crippen molar-refractivity contribution in [2.45, 2.75) is 11.9 Å². The van der Waals surface area contributed by atoms with Gasteiger partial charge in [-0.15, -0.1) is 0 Å². The van der Waals surface area contributed by atoms with Crippen LogP contribution in [0.3, 0.4) is 0 Å². The van der Waals surface area contributed by atoms with Gasteiger partial charge >= 0.3 is 0 Å². The van der Waals surface area contributed by atoms with Gasteiger partial charge in [0.25, 0.3) is 0 Å². The Hall–Kier alpha value is -3.59. The SMILES string of the molecule is CCOc1ccccc1NC(=O)CSc1ncnc2c1cnn2-c1ccc(OC)cc1. The number of hydrogen-bond donors (Lipinski definition) is 1. The summed E-state index contributed by atoms with van der Waals surface area (Å²) in [6, 6.07) is 14.9. The van der Waals surface area contributed by atoms with E-state index in [1.807, 2.05) is 55.5 Å². The minimum absolute atomic E-state index is 0.147. The molecule has 0 fully saturated rings. The molecule has 0 bridgehead atoms. The molecular formula is C22H21N5O3S. The lowest BCUT2D eigenvalue weighted by molar-refractivity contribution is -0.113. The van der Waals surface area contributed by atoms with Crippen LogP contribution in [0.25, 0.3) is 16.7 Å². The highest BCUT2D eigenvalue weighted by Gasteiger charge is 2.14. The molecule has 0 radical (unpaired) electrons. The summed E-state index contributed by atoms with van der Waals surface area (Å²) in [5, 5.41) is 8.82. The molecule has 8 nitrogen and oxygen atoms in total. The molecule has 0 saturated carbocycles. The quantitative estimate of drug-likeness (QED) is 0.331. The molecule has 158 valence electrons. The number of thioether (sulfide) groups is 1. The van der Waals surface area contributed by atoms with Crippen molar-refractivity contribution < 1.29 is 14.3 Å². The lowest BCUT2D eigenvalue weighted by Crippen LogP contribution is -2.15. The Labute approximate surface area is 183 Å². The number of anilines is 1. The monoisotopic (exact) mass is 435 g/mol. The predicted molar refractivity (Wildman–Crippen MR) is 120 cm³/mol. The van der Waals surface area contributed by atoms with Crippen LogP contribution in [0.1, 0.15) is 6.92 Å². The normalized spacial score (nSPS) is 10.8. The number of carbonyl (C=O) groups excluding carboxylic acids is 1. The van der Waals surface area contributed by atoms with Crippen LogP contribution in [0.15, 0.2) is 66.1 Å². The number of methoxy groups -OCH3 is 1. The highest BCUT2D eigenvalue weighted by atomic mass is 32.2. The summed E-state index contributed by atoms with van der Waals surface area (Å²) in [4.78, 5) is 21.2. The van der Waals surface area contributed by atoms with E-state index in [1.165, 1.54) is 18.1 Å². The third kappa shape index (κ3) is 4.61. The van der Waals surface area contributed by atoms with Crippen molar-refractivity contribution in [2.75, 3.05) is 24.8 Å². The molecule has 1 N–H and O–H groups in total. The maximum absolute atomic E-state index is 12.5. The van der Waals surface area contributed by atoms with Gasteiger partial charge in [0.15, 0.2) is 5.65 Å². The first-order valence-corrected chi connectivity index (χ1v) is 10.7. The smallest absolute Gasteiger partial charge is 0.234 e. The number of carbonyl (C=O) groups is 1. The lowest BCUT2D eigenvalue weighted by Gasteiger charge is -2.11. The molecule has 4 aromatic rings. The van der Waals surface area contributed by atoms with E-state index < -0.39 is 0 Å². The second kappa shape index (κ2) is 9.48. The molecule has 0 aliphatic heterocycles. The highest BCUT2D eigenvalue weighted by molar-refractivity contribution is 8.00. The van der Waals surface area contributed by atoms with Gasteiger partial charge in [-0.3, -0.25) is 4.79 Å². The van der Waals surface area contributed by atoms with Crippen molar-refractivity contribution in [3.63, 3.8) is 0 Å². The minimum atomic E-state index is -0.147. The number of nitrogens with one attached hydrogen (secondary N) is 1. The molecule has 2 heterocycles. The van der Waals surface area contributed by atoms with E-state index in [2.05, 4.69) is 20.4 Å². The van der Waals surface area contributed by atoms with Crippen LogP contribution in [0.5, 0.6) is 11.5 Å². The van der Waals surface area contributed by atoms with Crippen LogP contribution in [-0.4, -0.2) is 45.1 Å². The molecule has 2 aromatic heterocycles. The summed E-state index contributed by atoms with van der Waals surface area (Å²) in [7, 11) is 1.63. The molecule has 9 heteroatoms. The first kappa shape index (κ1) is 20.7. The van der Waals surface area contributed by atoms with Crippen molar-refractivity contribution >= 4 is 34.4 Å². The fraction of sp³-hybridized carbons (Fsp3) is 0.182. The van der Waals surface area contributed by atoms with Crippen LogP contribution < -0.4 is 14.8 Å². The third-order valence-corrected chi connectivity index (χ3v) is 5.45. The summed E-state index contributed by atoms with van der Waals surface area (Å²) in [6.45, 7) is 2.43. The minimum Gasteiger partial charge on any atom is -0.497 e. The second-order valence-corrected chi connectivity index (χ2v) is 7.40. The highest BCUT2D eigenvalue weighted by Crippen LogP contribution is 2.28. The Morgan fingerprint density at radius 3 is 2.71 bits per heavy atom. The summed E-state index contributed by atoms with van der Waals surface area (Å²) >= 11 is 1.33. The summed E-state index contributed by atoms with van der Waals surface area (Å²) in [6.07, 6.45) is 3.19. The molecule has 1 amide bonds. The standard InChI is InChI=1S/C22H21N5O3S/c1-3-30-19-7-5-4-6-18(19)26-20(28)13-31-22-17-12-25-27(21(17)23-14-24-22)15-8-10-16(29-2)11-9-15/h4-12,14H,3,13H2,1-2H3,(H,26,28).